The number of carbonyl (C=O) groups is 1. The van der Waals surface area contributed by atoms with Crippen molar-refractivity contribution >= 4 is 28.5 Å². The fraction of sp³-hybridized carbons (Fsp3) is 0.438. The number of aromatic nitrogens is 1. The molecule has 0 saturated carbocycles. The van der Waals surface area contributed by atoms with Gasteiger partial charge in [-0.15, -0.1) is 0 Å². The van der Waals surface area contributed by atoms with Crippen LogP contribution in [0.3, 0.4) is 0 Å². The second-order valence-corrected chi connectivity index (χ2v) is 6.11. The van der Waals surface area contributed by atoms with E-state index < -0.39 is 5.82 Å². The second kappa shape index (κ2) is 6.76. The average molecular weight is 340 g/mol. The van der Waals surface area contributed by atoms with Gasteiger partial charge in [-0.1, -0.05) is 11.6 Å². The molecule has 2 N–H and O–H groups in total. The highest BCUT2D eigenvalue weighted by Crippen LogP contribution is 2.25. The van der Waals surface area contributed by atoms with Crippen molar-refractivity contribution in [3.8, 4) is 0 Å². The molecule has 124 valence electrons. The summed E-state index contributed by atoms with van der Waals surface area (Å²) < 4.78 is 18.7. The molecule has 1 aliphatic rings. The molecule has 5 nitrogen and oxygen atoms in total. The van der Waals surface area contributed by atoms with Gasteiger partial charge in [-0.3, -0.25) is 0 Å². The lowest BCUT2D eigenvalue weighted by atomic mass is 10.1. The van der Waals surface area contributed by atoms with Crippen molar-refractivity contribution in [2.75, 3.05) is 26.7 Å². The maximum absolute atomic E-state index is 13.4. The third-order valence-corrected chi connectivity index (χ3v) is 4.53. The molecule has 1 fully saturated rings. The van der Waals surface area contributed by atoms with Crippen LogP contribution in [0.4, 0.5) is 9.18 Å². The number of fused-ring (bicyclic) bond motifs is 1. The first-order valence-corrected chi connectivity index (χ1v) is 7.97. The molecule has 1 aromatic heterocycles. The van der Waals surface area contributed by atoms with Gasteiger partial charge >= 0.3 is 6.03 Å². The van der Waals surface area contributed by atoms with Crippen molar-refractivity contribution in [3.63, 3.8) is 0 Å². The number of halogens is 2. The third kappa shape index (κ3) is 3.43. The van der Waals surface area contributed by atoms with E-state index in [1.54, 1.807) is 18.1 Å². The maximum Gasteiger partial charge on any atom is 0.317 e. The summed E-state index contributed by atoms with van der Waals surface area (Å²) in [4.78, 5) is 16.9. The van der Waals surface area contributed by atoms with Crippen LogP contribution in [0.2, 0.25) is 5.02 Å². The second-order valence-electron chi connectivity index (χ2n) is 5.70. The number of likely N-dealkylation sites (tertiary alicyclic amines) is 1. The first kappa shape index (κ1) is 16.1. The Morgan fingerprint density at radius 2 is 2.39 bits per heavy atom. The summed E-state index contributed by atoms with van der Waals surface area (Å²) in [6.07, 6.45) is 3.47. The molecular weight excluding hydrogens is 321 g/mol. The van der Waals surface area contributed by atoms with Gasteiger partial charge in [0.05, 0.1) is 11.1 Å². The van der Waals surface area contributed by atoms with E-state index in [9.17, 15) is 9.18 Å². The first-order valence-electron chi connectivity index (χ1n) is 7.59. The Balaban J connectivity index is 1.57. The average Bonchev–Trinajstić information content (AvgIpc) is 3.15. The maximum atomic E-state index is 13.4. The van der Waals surface area contributed by atoms with E-state index in [-0.39, 0.29) is 17.2 Å². The highest BCUT2D eigenvalue weighted by molar-refractivity contribution is 6.31. The summed E-state index contributed by atoms with van der Waals surface area (Å²) in [5, 5.41) is 3.89. The number of carbonyl (C=O) groups excluding carboxylic acids is 1. The van der Waals surface area contributed by atoms with Gasteiger partial charge in [-0.25, -0.2) is 9.18 Å². The molecule has 7 heteroatoms. The molecule has 23 heavy (non-hydrogen) atoms. The molecule has 2 heterocycles. The molecule has 0 unspecified atom stereocenters. The number of urea groups is 1. The Hall–Kier alpha value is -1.79. The van der Waals surface area contributed by atoms with Crippen molar-refractivity contribution in [2.45, 2.75) is 18.9 Å². The van der Waals surface area contributed by atoms with Gasteiger partial charge in [0.25, 0.3) is 0 Å². The normalized spacial score (nSPS) is 17.9. The van der Waals surface area contributed by atoms with Crippen molar-refractivity contribution in [1.29, 1.82) is 0 Å². The molecule has 1 atom stereocenters. The van der Waals surface area contributed by atoms with Crippen LogP contribution in [-0.2, 0) is 11.2 Å². The molecule has 0 bridgehead atoms. The van der Waals surface area contributed by atoms with Gasteiger partial charge in [-0.05, 0) is 30.5 Å². The van der Waals surface area contributed by atoms with Crippen LogP contribution in [0, 0.1) is 5.82 Å². The van der Waals surface area contributed by atoms with Crippen LogP contribution >= 0.6 is 11.6 Å². The van der Waals surface area contributed by atoms with E-state index >= 15 is 0 Å². The van der Waals surface area contributed by atoms with Crippen molar-refractivity contribution in [3.05, 3.63) is 34.7 Å². The van der Waals surface area contributed by atoms with Crippen LogP contribution in [0.25, 0.3) is 10.9 Å². The number of ether oxygens (including phenoxy) is 1. The molecule has 0 aliphatic carbocycles. The van der Waals surface area contributed by atoms with E-state index in [2.05, 4.69) is 10.3 Å². The minimum atomic E-state index is -0.442. The predicted molar refractivity (Wildman–Crippen MR) is 87.4 cm³/mol. The van der Waals surface area contributed by atoms with E-state index in [1.807, 2.05) is 6.20 Å². The number of hydrogen-bond acceptors (Lipinski definition) is 2. The van der Waals surface area contributed by atoms with Gasteiger partial charge < -0.3 is 19.9 Å². The molecule has 1 aliphatic heterocycles. The minimum Gasteiger partial charge on any atom is -0.380 e. The van der Waals surface area contributed by atoms with Crippen molar-refractivity contribution in [2.24, 2.45) is 0 Å². The van der Waals surface area contributed by atoms with E-state index in [0.29, 0.717) is 31.6 Å². The Morgan fingerprint density at radius 3 is 3.13 bits per heavy atom. The molecule has 0 radical (unpaired) electrons. The van der Waals surface area contributed by atoms with Gasteiger partial charge in [0.1, 0.15) is 5.82 Å². The van der Waals surface area contributed by atoms with Gasteiger partial charge in [0.2, 0.25) is 0 Å². The molecule has 2 aromatic rings. The smallest absolute Gasteiger partial charge is 0.317 e. The lowest BCUT2D eigenvalue weighted by molar-refractivity contribution is 0.110. The molecule has 0 spiro atoms. The number of aromatic amines is 1. The van der Waals surface area contributed by atoms with Crippen LogP contribution in [0.5, 0.6) is 0 Å². The van der Waals surface area contributed by atoms with E-state index in [1.165, 1.54) is 6.07 Å². The van der Waals surface area contributed by atoms with Crippen LogP contribution in [-0.4, -0.2) is 48.8 Å². The fourth-order valence-electron chi connectivity index (χ4n) is 2.90. The zero-order valence-electron chi connectivity index (χ0n) is 12.9. The third-order valence-electron chi connectivity index (χ3n) is 4.24. The number of nitrogens with one attached hydrogen (secondary N) is 2. The number of benzene rings is 1. The predicted octanol–water partition coefficient (Wildman–Crippen LogP) is 2.93. The summed E-state index contributed by atoms with van der Waals surface area (Å²) in [6, 6.07) is 2.92. The number of rotatable bonds is 4. The largest absolute Gasteiger partial charge is 0.380 e. The number of nitrogens with zero attached hydrogens (tertiary/aromatic N) is 1. The monoisotopic (exact) mass is 339 g/mol. The Kier molecular flexibility index (Phi) is 4.73. The molecular formula is C16H19ClFN3O2. The van der Waals surface area contributed by atoms with Crippen LogP contribution in [0.15, 0.2) is 18.3 Å². The summed E-state index contributed by atoms with van der Waals surface area (Å²) in [5.41, 5.74) is 1.70. The summed E-state index contributed by atoms with van der Waals surface area (Å²) in [7, 11) is 1.66. The van der Waals surface area contributed by atoms with E-state index in [0.717, 1.165) is 17.4 Å². The Morgan fingerprint density at radius 1 is 1.57 bits per heavy atom. The fourth-order valence-corrected chi connectivity index (χ4v) is 3.07. The SMILES string of the molecule is CO[C@H]1CCN(C(=O)NCCc2c[nH]c3cc(F)c(Cl)cc23)C1. The Bertz CT molecular complexity index is 719. The lowest BCUT2D eigenvalue weighted by Crippen LogP contribution is -2.39. The van der Waals surface area contributed by atoms with E-state index in [4.69, 9.17) is 16.3 Å². The molecule has 3 rings (SSSR count). The minimum absolute atomic E-state index is 0.0755. The van der Waals surface area contributed by atoms with Crippen LogP contribution in [0.1, 0.15) is 12.0 Å². The van der Waals surface area contributed by atoms with Crippen molar-refractivity contribution < 1.29 is 13.9 Å². The van der Waals surface area contributed by atoms with Gasteiger partial charge in [-0.2, -0.15) is 0 Å². The number of hydrogen-bond donors (Lipinski definition) is 2. The highest BCUT2D eigenvalue weighted by atomic mass is 35.5. The number of amides is 2. The van der Waals surface area contributed by atoms with Crippen molar-refractivity contribution in [1.82, 2.24) is 15.2 Å². The quantitative estimate of drug-likeness (QED) is 0.899. The first-order chi connectivity index (χ1) is 11.1. The topological polar surface area (TPSA) is 57.4 Å². The highest BCUT2D eigenvalue weighted by Gasteiger charge is 2.25. The zero-order chi connectivity index (χ0) is 16.4. The summed E-state index contributed by atoms with van der Waals surface area (Å²) in [5.74, 6) is -0.442. The Labute approximate surface area is 138 Å². The molecule has 2 amide bonds. The standard InChI is InChI=1S/C16H19ClFN3O2/c1-23-11-3-5-21(9-11)16(22)19-4-2-10-8-20-15-7-14(18)13(17)6-12(10)15/h6-8,11,20H,2-5,9H2,1H3,(H,19,22)/t11-/m0/s1. The zero-order valence-corrected chi connectivity index (χ0v) is 13.6. The number of methoxy groups -OCH3 is 1. The molecule has 1 saturated heterocycles. The van der Waals surface area contributed by atoms with Gasteiger partial charge in [0, 0.05) is 43.8 Å². The lowest BCUT2D eigenvalue weighted by Gasteiger charge is -2.16. The van der Waals surface area contributed by atoms with Crippen LogP contribution < -0.4 is 5.32 Å². The molecule has 1 aromatic carbocycles. The summed E-state index contributed by atoms with van der Waals surface area (Å²) in [6.45, 7) is 1.85. The number of H-pyrrole nitrogens is 1. The summed E-state index contributed by atoms with van der Waals surface area (Å²) >= 11 is 5.84. The van der Waals surface area contributed by atoms with Gasteiger partial charge in [0.15, 0.2) is 0 Å².